The summed E-state index contributed by atoms with van der Waals surface area (Å²) in [6.07, 6.45) is 0. The molecule has 0 heterocycles. The second-order valence-corrected chi connectivity index (χ2v) is 18.8. The largest absolute Gasteiger partial charge is 1.00 e. The fourth-order valence-corrected chi connectivity index (χ4v) is 12.5. The Labute approximate surface area is 361 Å². The van der Waals surface area contributed by atoms with Gasteiger partial charge in [0.15, 0.2) is 44.1 Å². The Morgan fingerprint density at radius 3 is 0.300 bits per heavy atom. The molecule has 0 aliphatic rings. The molecule has 0 amide bonds. The summed E-state index contributed by atoms with van der Waals surface area (Å²) in [5.41, 5.74) is 0. The standard InChI is InChI=1S/3C18H15S.3FH/c3*1-4-10-16(11-5-1)19(17-12-6-2-7-13-17)18-14-8-3-9-15-18;;;/h3*1-15H;3*1H/q3*+1;;;/p-3. The fraction of sp³-hybridized carbons (Fsp3) is 0. The van der Waals surface area contributed by atoms with Crippen LogP contribution in [0.4, 0.5) is 0 Å². The molecule has 0 aliphatic heterocycles. The van der Waals surface area contributed by atoms with Gasteiger partial charge < -0.3 is 14.1 Å². The lowest BCUT2D eigenvalue weighted by Crippen LogP contribution is -3.00. The van der Waals surface area contributed by atoms with Crippen LogP contribution in [-0.4, -0.2) is 0 Å². The number of hydrogen-bond donors (Lipinski definition) is 0. The molecule has 0 N–H and O–H groups in total. The van der Waals surface area contributed by atoms with Crippen LogP contribution in [0.15, 0.2) is 317 Å². The zero-order valence-corrected chi connectivity index (χ0v) is 35.3. The zero-order valence-electron chi connectivity index (χ0n) is 32.8. The minimum atomic E-state index is -0.0146. The van der Waals surface area contributed by atoms with E-state index in [0.29, 0.717) is 0 Å². The number of rotatable bonds is 9. The predicted molar refractivity (Wildman–Crippen MR) is 244 cm³/mol. The SMILES string of the molecule is [F-].[F-].[F-].c1ccc([S+](c2ccccc2)c2ccccc2)cc1.c1ccc([S+](c2ccccc2)c2ccccc2)cc1.c1ccc([S+](c2ccccc2)c2ccccc2)cc1. The van der Waals surface area contributed by atoms with E-state index in [-0.39, 0.29) is 46.8 Å². The van der Waals surface area contributed by atoms with Crippen molar-refractivity contribution in [3.05, 3.63) is 273 Å². The Morgan fingerprint density at radius 2 is 0.217 bits per heavy atom. The third-order valence-corrected chi connectivity index (χ3v) is 15.5. The van der Waals surface area contributed by atoms with E-state index in [9.17, 15) is 0 Å². The van der Waals surface area contributed by atoms with Crippen molar-refractivity contribution >= 4 is 32.7 Å². The van der Waals surface area contributed by atoms with Crippen molar-refractivity contribution in [3.63, 3.8) is 0 Å². The molecule has 9 rings (SSSR count). The minimum absolute atomic E-state index is 0. The van der Waals surface area contributed by atoms with Crippen LogP contribution in [0, 0.1) is 0 Å². The van der Waals surface area contributed by atoms with Gasteiger partial charge in [0.05, 0.1) is 32.7 Å². The van der Waals surface area contributed by atoms with Crippen LogP contribution in [0.1, 0.15) is 0 Å². The lowest BCUT2D eigenvalue weighted by atomic mass is 10.4. The van der Waals surface area contributed by atoms with Crippen molar-refractivity contribution < 1.29 is 14.1 Å². The monoisotopic (exact) mass is 846 g/mol. The minimum Gasteiger partial charge on any atom is -1.00 e. The molecule has 0 aliphatic carbocycles. The van der Waals surface area contributed by atoms with Gasteiger partial charge in [0, 0.05) is 0 Å². The van der Waals surface area contributed by atoms with Gasteiger partial charge in [-0.05, 0) is 109 Å². The summed E-state index contributed by atoms with van der Waals surface area (Å²) >= 11 is 0. The average Bonchev–Trinajstić information content (AvgIpc) is 3.30. The molecule has 300 valence electrons. The van der Waals surface area contributed by atoms with Crippen molar-refractivity contribution in [1.82, 2.24) is 0 Å². The first kappa shape index (κ1) is 46.5. The average molecular weight is 847 g/mol. The quantitative estimate of drug-likeness (QED) is 0.172. The summed E-state index contributed by atoms with van der Waals surface area (Å²) in [7, 11) is -0.0439. The first-order chi connectivity index (χ1) is 28.3. The van der Waals surface area contributed by atoms with Crippen molar-refractivity contribution in [3.8, 4) is 0 Å². The molecule has 9 aromatic rings. The molecule has 0 nitrogen and oxygen atoms in total. The van der Waals surface area contributed by atoms with Crippen LogP contribution >= 0.6 is 0 Å². The maximum atomic E-state index is 2.21. The molecule has 0 radical (unpaired) electrons. The summed E-state index contributed by atoms with van der Waals surface area (Å²) in [5.74, 6) is 0. The Kier molecular flexibility index (Phi) is 19.6. The van der Waals surface area contributed by atoms with E-state index in [4.69, 9.17) is 0 Å². The molecule has 9 aromatic carbocycles. The number of halogens is 3. The van der Waals surface area contributed by atoms with Gasteiger partial charge in [-0.1, -0.05) is 164 Å². The second kappa shape index (κ2) is 25.3. The van der Waals surface area contributed by atoms with Gasteiger partial charge >= 0.3 is 0 Å². The summed E-state index contributed by atoms with van der Waals surface area (Å²) in [4.78, 5) is 12.2. The van der Waals surface area contributed by atoms with Gasteiger partial charge in [-0.3, -0.25) is 0 Å². The Morgan fingerprint density at radius 1 is 0.133 bits per heavy atom. The highest BCUT2D eigenvalue weighted by molar-refractivity contribution is 7.97. The van der Waals surface area contributed by atoms with Gasteiger partial charge in [-0.15, -0.1) is 0 Å². The van der Waals surface area contributed by atoms with Gasteiger partial charge in [0.1, 0.15) is 0 Å². The fourth-order valence-electron chi connectivity index (χ4n) is 6.23. The Balaban J connectivity index is 0.000000194. The van der Waals surface area contributed by atoms with E-state index in [0.717, 1.165) is 0 Å². The summed E-state index contributed by atoms with van der Waals surface area (Å²) < 4.78 is 0. The summed E-state index contributed by atoms with van der Waals surface area (Å²) in [6.45, 7) is 0. The van der Waals surface area contributed by atoms with Gasteiger partial charge in [0.25, 0.3) is 0 Å². The van der Waals surface area contributed by atoms with Crippen LogP contribution in [0.25, 0.3) is 0 Å². The van der Waals surface area contributed by atoms with Crippen molar-refractivity contribution in [1.29, 1.82) is 0 Å². The molecule has 0 atom stereocenters. The van der Waals surface area contributed by atoms with E-state index >= 15 is 0 Å². The van der Waals surface area contributed by atoms with E-state index < -0.39 is 0 Å². The zero-order chi connectivity index (χ0) is 38.7. The first-order valence-corrected chi connectivity index (χ1v) is 22.7. The third kappa shape index (κ3) is 12.9. The lowest BCUT2D eigenvalue weighted by Gasteiger charge is -2.07. The lowest BCUT2D eigenvalue weighted by molar-refractivity contribution is -0.00100. The molecule has 0 bridgehead atoms. The van der Waals surface area contributed by atoms with Crippen LogP contribution in [0.3, 0.4) is 0 Å². The van der Waals surface area contributed by atoms with Crippen molar-refractivity contribution in [2.24, 2.45) is 0 Å². The molecule has 60 heavy (non-hydrogen) atoms. The van der Waals surface area contributed by atoms with Crippen LogP contribution in [0.5, 0.6) is 0 Å². The van der Waals surface area contributed by atoms with Crippen LogP contribution in [-0.2, 0) is 32.7 Å². The predicted octanol–water partition coefficient (Wildman–Crippen LogP) is 5.36. The van der Waals surface area contributed by atoms with Crippen LogP contribution < -0.4 is 14.1 Å². The molecular weight excluding hydrogens is 802 g/mol. The number of hydrogen-bond acceptors (Lipinski definition) is 0. The molecular formula is C54H45F3S3. The number of benzene rings is 9. The van der Waals surface area contributed by atoms with E-state index in [1.165, 1.54) is 44.1 Å². The summed E-state index contributed by atoms with van der Waals surface area (Å²) in [5, 5.41) is 0. The normalized spacial score (nSPS) is 10.1. The molecule has 0 unspecified atom stereocenters. The molecule has 0 fully saturated rings. The second-order valence-electron chi connectivity index (χ2n) is 12.7. The maximum Gasteiger partial charge on any atom is 0.166 e. The van der Waals surface area contributed by atoms with Gasteiger partial charge in [0.2, 0.25) is 0 Å². The van der Waals surface area contributed by atoms with Crippen molar-refractivity contribution in [2.45, 2.75) is 44.1 Å². The van der Waals surface area contributed by atoms with Crippen LogP contribution in [0.2, 0.25) is 0 Å². The molecule has 0 saturated carbocycles. The first-order valence-electron chi connectivity index (χ1n) is 19.0. The van der Waals surface area contributed by atoms with Gasteiger partial charge in [-0.2, -0.15) is 0 Å². The van der Waals surface area contributed by atoms with Gasteiger partial charge in [-0.25, -0.2) is 0 Å². The highest BCUT2D eigenvalue weighted by atomic mass is 32.2. The smallest absolute Gasteiger partial charge is 0.166 e. The maximum absolute atomic E-state index is 2.21. The summed E-state index contributed by atoms with van der Waals surface area (Å²) in [6, 6.07) is 96.5. The Bertz CT molecular complexity index is 1870. The molecule has 0 saturated heterocycles. The molecule has 6 heteroatoms. The van der Waals surface area contributed by atoms with E-state index in [1.807, 2.05) is 0 Å². The Hall–Kier alpha value is -6.18. The van der Waals surface area contributed by atoms with Crippen molar-refractivity contribution in [2.75, 3.05) is 0 Å². The van der Waals surface area contributed by atoms with E-state index in [2.05, 4.69) is 273 Å². The molecule has 0 aromatic heterocycles. The van der Waals surface area contributed by atoms with E-state index in [1.54, 1.807) is 0 Å². The third-order valence-electron chi connectivity index (χ3n) is 8.81. The molecule has 0 spiro atoms. The highest BCUT2D eigenvalue weighted by Gasteiger charge is 2.29. The topological polar surface area (TPSA) is 0 Å². The highest BCUT2D eigenvalue weighted by Crippen LogP contribution is 2.33.